The summed E-state index contributed by atoms with van der Waals surface area (Å²) in [7, 11) is 0. The van der Waals surface area contributed by atoms with Crippen molar-refractivity contribution in [2.45, 2.75) is 20.3 Å². The van der Waals surface area contributed by atoms with Crippen LogP contribution in [0.2, 0.25) is 0 Å². The predicted molar refractivity (Wildman–Crippen MR) is 62.0 cm³/mol. The van der Waals surface area contributed by atoms with Crippen LogP contribution in [0, 0.1) is 5.92 Å². The van der Waals surface area contributed by atoms with Crippen LogP contribution in [0.15, 0.2) is 48.1 Å². The van der Waals surface area contributed by atoms with E-state index in [1.165, 1.54) is 16.7 Å². The van der Waals surface area contributed by atoms with Crippen molar-refractivity contribution >= 4 is 5.57 Å². The predicted octanol–water partition coefficient (Wildman–Crippen LogP) is 4.06. The number of hydrogen-bond acceptors (Lipinski definition) is 0. The van der Waals surface area contributed by atoms with Gasteiger partial charge in [0.1, 0.15) is 0 Å². The second kappa shape index (κ2) is 3.83. The Morgan fingerprint density at radius 2 is 1.79 bits per heavy atom. The molecule has 0 heterocycles. The molecule has 1 aliphatic rings. The van der Waals surface area contributed by atoms with Crippen LogP contribution in [-0.2, 0) is 0 Å². The van der Waals surface area contributed by atoms with Crippen molar-refractivity contribution in [3.05, 3.63) is 53.6 Å². The molecule has 0 aliphatic heterocycles. The fourth-order valence-corrected chi connectivity index (χ4v) is 1.99. The average molecular weight is 184 g/mol. The zero-order chi connectivity index (χ0) is 9.97. The summed E-state index contributed by atoms with van der Waals surface area (Å²) in [5, 5.41) is 0. The quantitative estimate of drug-likeness (QED) is 0.650. The van der Waals surface area contributed by atoms with Crippen molar-refractivity contribution in [3.63, 3.8) is 0 Å². The van der Waals surface area contributed by atoms with Gasteiger partial charge in [-0.2, -0.15) is 0 Å². The minimum atomic E-state index is 0.629. The van der Waals surface area contributed by atoms with E-state index in [9.17, 15) is 0 Å². The Morgan fingerprint density at radius 1 is 1.07 bits per heavy atom. The van der Waals surface area contributed by atoms with Crippen molar-refractivity contribution in [1.29, 1.82) is 0 Å². The summed E-state index contributed by atoms with van der Waals surface area (Å²) < 4.78 is 0. The largest absolute Gasteiger partial charge is 0.0798 e. The van der Waals surface area contributed by atoms with Gasteiger partial charge in [0.25, 0.3) is 0 Å². The van der Waals surface area contributed by atoms with Gasteiger partial charge in [0.05, 0.1) is 0 Å². The first-order chi connectivity index (χ1) is 6.79. The summed E-state index contributed by atoms with van der Waals surface area (Å²) in [5.74, 6) is 0.629. The van der Waals surface area contributed by atoms with Gasteiger partial charge in [-0.3, -0.25) is 0 Å². The molecule has 1 aromatic rings. The summed E-state index contributed by atoms with van der Waals surface area (Å²) in [6.45, 7) is 4.52. The first-order valence-corrected chi connectivity index (χ1v) is 5.24. The van der Waals surface area contributed by atoms with Crippen molar-refractivity contribution < 1.29 is 0 Å². The highest BCUT2D eigenvalue weighted by Crippen LogP contribution is 2.32. The number of hydrogen-bond donors (Lipinski definition) is 0. The Balaban J connectivity index is 2.40. The molecule has 14 heavy (non-hydrogen) atoms. The SMILES string of the molecule is CC(C)C1=C(c2ccccc2)CC=C1. The van der Waals surface area contributed by atoms with E-state index in [0.29, 0.717) is 5.92 Å². The fraction of sp³-hybridized carbons (Fsp3) is 0.286. The van der Waals surface area contributed by atoms with Crippen LogP contribution in [-0.4, -0.2) is 0 Å². The second-order valence-corrected chi connectivity index (χ2v) is 4.06. The van der Waals surface area contributed by atoms with Gasteiger partial charge in [0, 0.05) is 0 Å². The van der Waals surface area contributed by atoms with Crippen LogP contribution in [0.4, 0.5) is 0 Å². The highest BCUT2D eigenvalue weighted by atomic mass is 14.2. The summed E-state index contributed by atoms with van der Waals surface area (Å²) in [6, 6.07) is 10.7. The van der Waals surface area contributed by atoms with Crippen molar-refractivity contribution in [1.82, 2.24) is 0 Å². The molecule has 72 valence electrons. The third-order valence-electron chi connectivity index (χ3n) is 2.71. The smallest absolute Gasteiger partial charge is 0.00854 e. The van der Waals surface area contributed by atoms with Crippen LogP contribution in [0.1, 0.15) is 25.8 Å². The molecule has 0 spiro atoms. The second-order valence-electron chi connectivity index (χ2n) is 4.06. The zero-order valence-corrected chi connectivity index (χ0v) is 8.83. The standard InChI is InChI=1S/C14H16/c1-11(2)13-9-6-10-14(13)12-7-4-3-5-8-12/h3-9,11H,10H2,1-2H3. The topological polar surface area (TPSA) is 0 Å². The lowest BCUT2D eigenvalue weighted by Crippen LogP contribution is -1.92. The van der Waals surface area contributed by atoms with E-state index in [1.54, 1.807) is 0 Å². The van der Waals surface area contributed by atoms with E-state index in [-0.39, 0.29) is 0 Å². The molecule has 1 aromatic carbocycles. The van der Waals surface area contributed by atoms with Gasteiger partial charge in [0.2, 0.25) is 0 Å². The molecule has 0 bridgehead atoms. The molecule has 0 radical (unpaired) electrons. The van der Waals surface area contributed by atoms with Gasteiger partial charge in [-0.05, 0) is 29.0 Å². The molecule has 0 fully saturated rings. The van der Waals surface area contributed by atoms with E-state index >= 15 is 0 Å². The molecule has 0 unspecified atom stereocenters. The molecule has 0 aromatic heterocycles. The van der Waals surface area contributed by atoms with E-state index in [0.717, 1.165) is 6.42 Å². The Labute approximate surface area is 86.0 Å². The third kappa shape index (κ3) is 1.65. The zero-order valence-electron chi connectivity index (χ0n) is 8.83. The fourth-order valence-electron chi connectivity index (χ4n) is 1.99. The Kier molecular flexibility index (Phi) is 2.53. The molecule has 0 nitrogen and oxygen atoms in total. The maximum atomic E-state index is 2.27. The highest BCUT2D eigenvalue weighted by molar-refractivity contribution is 5.75. The van der Waals surface area contributed by atoms with Gasteiger partial charge in [-0.25, -0.2) is 0 Å². The van der Waals surface area contributed by atoms with Gasteiger partial charge in [-0.15, -0.1) is 0 Å². The number of rotatable bonds is 2. The van der Waals surface area contributed by atoms with Crippen LogP contribution < -0.4 is 0 Å². The lowest BCUT2D eigenvalue weighted by atomic mass is 9.95. The Morgan fingerprint density at radius 3 is 2.43 bits per heavy atom. The molecule has 1 aliphatic carbocycles. The van der Waals surface area contributed by atoms with Crippen LogP contribution >= 0.6 is 0 Å². The maximum Gasteiger partial charge on any atom is -0.00854 e. The summed E-state index contributed by atoms with van der Waals surface area (Å²) >= 11 is 0. The normalized spacial score (nSPS) is 15.6. The molecule has 0 N–H and O–H groups in total. The average Bonchev–Trinajstić information content (AvgIpc) is 2.67. The molecule has 0 amide bonds. The van der Waals surface area contributed by atoms with Gasteiger partial charge >= 0.3 is 0 Å². The van der Waals surface area contributed by atoms with Crippen LogP contribution in [0.3, 0.4) is 0 Å². The van der Waals surface area contributed by atoms with Crippen LogP contribution in [0.5, 0.6) is 0 Å². The van der Waals surface area contributed by atoms with Gasteiger partial charge in [0.15, 0.2) is 0 Å². The molecular weight excluding hydrogens is 168 g/mol. The molecule has 0 saturated carbocycles. The molecule has 2 rings (SSSR count). The minimum Gasteiger partial charge on any atom is -0.0798 e. The molecule has 0 saturated heterocycles. The Hall–Kier alpha value is -1.30. The lowest BCUT2D eigenvalue weighted by molar-refractivity contribution is 0.796. The minimum absolute atomic E-state index is 0.629. The lowest BCUT2D eigenvalue weighted by Gasteiger charge is -2.10. The van der Waals surface area contributed by atoms with Gasteiger partial charge in [-0.1, -0.05) is 56.3 Å². The van der Waals surface area contributed by atoms with E-state index < -0.39 is 0 Å². The first-order valence-electron chi connectivity index (χ1n) is 5.24. The van der Waals surface area contributed by atoms with Crippen molar-refractivity contribution in [2.24, 2.45) is 5.92 Å². The maximum absolute atomic E-state index is 2.27. The molecular formula is C14H16. The molecule has 0 atom stereocenters. The molecule has 0 heteroatoms. The van der Waals surface area contributed by atoms with Crippen LogP contribution in [0.25, 0.3) is 5.57 Å². The van der Waals surface area contributed by atoms with E-state index in [4.69, 9.17) is 0 Å². The monoisotopic (exact) mass is 184 g/mol. The highest BCUT2D eigenvalue weighted by Gasteiger charge is 2.13. The summed E-state index contributed by atoms with van der Waals surface area (Å²) in [5.41, 5.74) is 4.37. The van der Waals surface area contributed by atoms with Crippen molar-refractivity contribution in [2.75, 3.05) is 0 Å². The summed E-state index contributed by atoms with van der Waals surface area (Å²) in [6.07, 6.45) is 5.63. The number of benzene rings is 1. The van der Waals surface area contributed by atoms with Gasteiger partial charge < -0.3 is 0 Å². The number of allylic oxidation sites excluding steroid dienone is 4. The third-order valence-corrected chi connectivity index (χ3v) is 2.71. The van der Waals surface area contributed by atoms with E-state index in [1.807, 2.05) is 0 Å². The Bertz CT molecular complexity index is 366. The summed E-state index contributed by atoms with van der Waals surface area (Å²) in [4.78, 5) is 0. The first kappa shape index (κ1) is 9.26. The van der Waals surface area contributed by atoms with E-state index in [2.05, 4.69) is 56.3 Å². The van der Waals surface area contributed by atoms with Crippen molar-refractivity contribution in [3.8, 4) is 0 Å².